The van der Waals surface area contributed by atoms with Gasteiger partial charge in [-0.2, -0.15) is 0 Å². The first-order chi connectivity index (χ1) is 10.5. The summed E-state index contributed by atoms with van der Waals surface area (Å²) in [5.74, 6) is -0.321. The normalized spacial score (nSPS) is 16.5. The van der Waals surface area contributed by atoms with Crippen LogP contribution < -0.4 is 5.32 Å². The number of carbonyl (C=O) groups excluding carboxylic acids is 2. The zero-order valence-corrected chi connectivity index (χ0v) is 12.8. The molecule has 1 N–H and O–H groups in total. The van der Waals surface area contributed by atoms with Crippen LogP contribution in [0.5, 0.6) is 0 Å². The lowest BCUT2D eigenvalue weighted by molar-refractivity contribution is -0.121. The molecule has 5 nitrogen and oxygen atoms in total. The molecular formula is C17H17N3O2. The Morgan fingerprint density at radius 1 is 1.14 bits per heavy atom. The van der Waals surface area contributed by atoms with Crippen LogP contribution in [0.25, 0.3) is 11.8 Å². The second kappa shape index (κ2) is 5.18. The number of nitrogens with one attached hydrogen (secondary N) is 1. The van der Waals surface area contributed by atoms with Gasteiger partial charge < -0.3 is 9.88 Å². The molecule has 1 aliphatic rings. The summed E-state index contributed by atoms with van der Waals surface area (Å²) in [6.07, 6.45) is 3.64. The van der Waals surface area contributed by atoms with Crippen molar-refractivity contribution in [3.63, 3.8) is 0 Å². The molecule has 0 spiro atoms. The molecule has 1 fully saturated rings. The Hall–Kier alpha value is -2.82. The van der Waals surface area contributed by atoms with Crippen LogP contribution in [0, 0.1) is 13.8 Å². The van der Waals surface area contributed by atoms with E-state index in [4.69, 9.17) is 0 Å². The van der Waals surface area contributed by atoms with Crippen LogP contribution in [-0.4, -0.2) is 28.5 Å². The van der Waals surface area contributed by atoms with E-state index in [1.54, 1.807) is 6.08 Å². The number of aromatic nitrogens is 1. The van der Waals surface area contributed by atoms with Crippen LogP contribution in [0.2, 0.25) is 0 Å². The van der Waals surface area contributed by atoms with Crippen molar-refractivity contribution in [3.05, 3.63) is 59.0 Å². The van der Waals surface area contributed by atoms with E-state index in [1.807, 2.05) is 29.0 Å². The van der Waals surface area contributed by atoms with Gasteiger partial charge in [-0.15, -0.1) is 0 Å². The lowest BCUT2D eigenvalue weighted by Crippen LogP contribution is -2.25. The van der Waals surface area contributed by atoms with E-state index in [1.165, 1.54) is 12.6 Å². The van der Waals surface area contributed by atoms with Gasteiger partial charge in [0, 0.05) is 24.6 Å². The second-order valence-electron chi connectivity index (χ2n) is 5.45. The Balaban J connectivity index is 2.03. The van der Waals surface area contributed by atoms with Crippen LogP contribution in [0.4, 0.5) is 4.79 Å². The highest BCUT2D eigenvalue weighted by Gasteiger charge is 2.30. The summed E-state index contributed by atoms with van der Waals surface area (Å²) in [6, 6.07) is 9.63. The Labute approximate surface area is 128 Å². The number of carbonyl (C=O) groups is 2. The van der Waals surface area contributed by atoms with E-state index in [0.717, 1.165) is 21.8 Å². The molecule has 1 saturated heterocycles. The first kappa shape index (κ1) is 14.1. The Kier molecular flexibility index (Phi) is 3.33. The summed E-state index contributed by atoms with van der Waals surface area (Å²) in [4.78, 5) is 24.5. The fourth-order valence-electron chi connectivity index (χ4n) is 2.58. The number of nitrogens with zero attached hydrogens (tertiary/aromatic N) is 2. The lowest BCUT2D eigenvalue weighted by atomic mass is 10.1. The Morgan fingerprint density at radius 2 is 1.91 bits per heavy atom. The quantitative estimate of drug-likeness (QED) is 0.684. The monoisotopic (exact) mass is 295 g/mol. The minimum atomic E-state index is -0.402. The van der Waals surface area contributed by atoms with Gasteiger partial charge in [0.2, 0.25) is 0 Å². The maximum atomic E-state index is 12.0. The molecule has 22 heavy (non-hydrogen) atoms. The molecule has 1 aliphatic heterocycles. The van der Waals surface area contributed by atoms with Crippen LogP contribution in [0.1, 0.15) is 16.8 Å². The molecule has 2 aromatic rings. The molecule has 3 rings (SSSR count). The second-order valence-corrected chi connectivity index (χ2v) is 5.45. The third-order valence-electron chi connectivity index (χ3n) is 3.77. The van der Waals surface area contributed by atoms with Crippen molar-refractivity contribution in [3.8, 4) is 5.69 Å². The maximum Gasteiger partial charge on any atom is 0.328 e. The molecule has 0 atom stereocenters. The first-order valence-corrected chi connectivity index (χ1v) is 7.03. The summed E-state index contributed by atoms with van der Waals surface area (Å²) >= 11 is 0. The first-order valence-electron chi connectivity index (χ1n) is 7.03. The summed E-state index contributed by atoms with van der Waals surface area (Å²) in [7, 11) is 1.46. The number of imide groups is 1. The van der Waals surface area contributed by atoms with E-state index >= 15 is 0 Å². The van der Waals surface area contributed by atoms with Gasteiger partial charge in [-0.3, -0.25) is 9.69 Å². The number of hydrogen-bond donors (Lipinski definition) is 1. The Morgan fingerprint density at radius 3 is 2.55 bits per heavy atom. The van der Waals surface area contributed by atoms with Gasteiger partial charge in [-0.25, -0.2) is 4.79 Å². The molecule has 2 heterocycles. The van der Waals surface area contributed by atoms with Crippen LogP contribution in [0.3, 0.4) is 0 Å². The number of benzene rings is 1. The minimum absolute atomic E-state index is 0.289. The van der Waals surface area contributed by atoms with Crippen molar-refractivity contribution in [2.24, 2.45) is 0 Å². The van der Waals surface area contributed by atoms with Crippen molar-refractivity contribution < 1.29 is 9.59 Å². The lowest BCUT2D eigenvalue weighted by Gasteiger charge is -2.11. The van der Waals surface area contributed by atoms with Gasteiger partial charge in [0.25, 0.3) is 5.91 Å². The highest BCUT2D eigenvalue weighted by Crippen LogP contribution is 2.21. The van der Waals surface area contributed by atoms with Crippen molar-refractivity contribution in [1.29, 1.82) is 0 Å². The number of likely N-dealkylation sites (N-methyl/N-ethyl adjacent to an activating group) is 1. The molecule has 0 bridgehead atoms. The molecule has 0 saturated carbocycles. The third-order valence-corrected chi connectivity index (χ3v) is 3.77. The molecule has 3 amide bonds. The summed E-state index contributed by atoms with van der Waals surface area (Å²) in [5.41, 5.74) is 4.53. The van der Waals surface area contributed by atoms with Gasteiger partial charge in [-0.1, -0.05) is 17.7 Å². The third kappa shape index (κ3) is 2.30. The van der Waals surface area contributed by atoms with E-state index in [9.17, 15) is 9.59 Å². The van der Waals surface area contributed by atoms with E-state index < -0.39 is 6.03 Å². The smallest absolute Gasteiger partial charge is 0.317 e. The predicted octanol–water partition coefficient (Wildman–Crippen LogP) is 2.62. The Bertz CT molecular complexity index is 802. The highest BCUT2D eigenvalue weighted by molar-refractivity contribution is 6.13. The van der Waals surface area contributed by atoms with Crippen molar-refractivity contribution in [2.75, 3.05) is 7.05 Å². The minimum Gasteiger partial charge on any atom is -0.317 e. The zero-order valence-electron chi connectivity index (χ0n) is 12.8. The fourth-order valence-corrected chi connectivity index (χ4v) is 2.58. The number of rotatable bonds is 2. The van der Waals surface area contributed by atoms with Crippen LogP contribution in [0.15, 0.2) is 42.2 Å². The topological polar surface area (TPSA) is 54.3 Å². The van der Waals surface area contributed by atoms with Gasteiger partial charge in [0.15, 0.2) is 0 Å². The largest absolute Gasteiger partial charge is 0.328 e. The SMILES string of the molecule is Cc1ccc(-n2cccc2/C=C2/NC(=O)N(C)C2=O)c(C)c1. The summed E-state index contributed by atoms with van der Waals surface area (Å²) < 4.78 is 2.00. The van der Waals surface area contributed by atoms with Crippen molar-refractivity contribution in [2.45, 2.75) is 13.8 Å². The molecule has 112 valence electrons. The highest BCUT2D eigenvalue weighted by atomic mass is 16.2. The van der Waals surface area contributed by atoms with Crippen molar-refractivity contribution in [1.82, 2.24) is 14.8 Å². The average molecular weight is 295 g/mol. The van der Waals surface area contributed by atoms with Gasteiger partial charge in [-0.05, 0) is 43.7 Å². The molecular weight excluding hydrogens is 278 g/mol. The van der Waals surface area contributed by atoms with Gasteiger partial charge in [0.05, 0.1) is 0 Å². The molecule has 0 radical (unpaired) electrons. The average Bonchev–Trinajstić information content (AvgIpc) is 3.01. The molecule has 0 aliphatic carbocycles. The number of aryl methyl sites for hydroxylation is 2. The zero-order chi connectivity index (χ0) is 15.9. The summed E-state index contributed by atoms with van der Waals surface area (Å²) in [5, 5.41) is 2.58. The number of hydrogen-bond acceptors (Lipinski definition) is 2. The van der Waals surface area contributed by atoms with Crippen molar-refractivity contribution >= 4 is 18.0 Å². The predicted molar refractivity (Wildman–Crippen MR) is 84.5 cm³/mol. The van der Waals surface area contributed by atoms with E-state index in [0.29, 0.717) is 0 Å². The van der Waals surface area contributed by atoms with Crippen LogP contribution >= 0.6 is 0 Å². The molecule has 5 heteroatoms. The number of urea groups is 1. The molecule has 0 unspecified atom stereocenters. The number of amides is 3. The summed E-state index contributed by atoms with van der Waals surface area (Å²) in [6.45, 7) is 4.10. The van der Waals surface area contributed by atoms with E-state index in [-0.39, 0.29) is 11.6 Å². The fraction of sp³-hybridized carbons (Fsp3) is 0.176. The van der Waals surface area contributed by atoms with E-state index in [2.05, 4.69) is 31.3 Å². The molecule has 1 aromatic carbocycles. The molecule has 1 aromatic heterocycles. The van der Waals surface area contributed by atoms with Gasteiger partial charge >= 0.3 is 6.03 Å². The van der Waals surface area contributed by atoms with Gasteiger partial charge in [0.1, 0.15) is 5.70 Å². The standard InChI is InChI=1S/C17H17N3O2/c1-11-6-7-15(12(2)9-11)20-8-4-5-13(20)10-14-16(21)19(3)17(22)18-14/h4-10H,1-3H3,(H,18,22)/b14-10+. The van der Waals surface area contributed by atoms with Crippen LogP contribution in [-0.2, 0) is 4.79 Å². The maximum absolute atomic E-state index is 12.0.